The molecule has 4 rings (SSSR count). The van der Waals surface area contributed by atoms with Crippen LogP contribution in [-0.2, 0) is 12.8 Å². The van der Waals surface area contributed by atoms with Crippen molar-refractivity contribution in [3.8, 4) is 0 Å². The van der Waals surface area contributed by atoms with Crippen LogP contribution in [0.15, 0.2) is 16.3 Å². The molecule has 26 heavy (non-hydrogen) atoms. The summed E-state index contributed by atoms with van der Waals surface area (Å²) in [6.07, 6.45) is 4.94. The zero-order chi connectivity index (χ0) is 18.4. The second-order valence-corrected chi connectivity index (χ2v) is 9.75. The van der Waals surface area contributed by atoms with Crippen LogP contribution in [-0.4, -0.2) is 24.7 Å². The SMILES string of the molecule is CC(C)n1cnnc1S[C@H](C)c1nc2sc3c(c2c(=O)[nH]1)CC[C@@H](C)C3. The van der Waals surface area contributed by atoms with Gasteiger partial charge in [0.05, 0.1) is 10.6 Å². The third-order valence-electron chi connectivity index (χ3n) is 4.95. The highest BCUT2D eigenvalue weighted by atomic mass is 32.2. The average Bonchev–Trinajstić information content (AvgIpc) is 3.18. The minimum absolute atomic E-state index is 0.00479. The molecule has 3 heterocycles. The zero-order valence-corrected chi connectivity index (χ0v) is 17.1. The molecule has 0 saturated carbocycles. The van der Waals surface area contributed by atoms with Gasteiger partial charge >= 0.3 is 0 Å². The van der Waals surface area contributed by atoms with Gasteiger partial charge in [-0.1, -0.05) is 18.7 Å². The first-order valence-electron chi connectivity index (χ1n) is 9.04. The summed E-state index contributed by atoms with van der Waals surface area (Å²) in [5.41, 5.74) is 1.22. The summed E-state index contributed by atoms with van der Waals surface area (Å²) >= 11 is 3.26. The van der Waals surface area contributed by atoms with Gasteiger partial charge in [-0.3, -0.25) is 4.79 Å². The number of nitrogens with zero attached hydrogens (tertiary/aromatic N) is 4. The van der Waals surface area contributed by atoms with E-state index in [4.69, 9.17) is 4.98 Å². The van der Waals surface area contributed by atoms with E-state index >= 15 is 0 Å². The van der Waals surface area contributed by atoms with E-state index in [9.17, 15) is 4.79 Å². The first kappa shape index (κ1) is 17.7. The van der Waals surface area contributed by atoms with Gasteiger partial charge in [-0.25, -0.2) is 4.98 Å². The molecule has 138 valence electrons. The number of aryl methyl sites for hydroxylation is 1. The van der Waals surface area contributed by atoms with E-state index in [0.717, 1.165) is 34.6 Å². The standard InChI is InChI=1S/C18H23N5OS2/c1-9(2)23-8-19-22-18(23)25-11(4)15-20-16(24)14-12-6-5-10(3)7-13(12)26-17(14)21-15/h8-11H,5-7H2,1-4H3,(H,20,21,24)/t10-,11-/m1/s1. The normalized spacial score (nSPS) is 18.4. The highest BCUT2D eigenvalue weighted by molar-refractivity contribution is 7.99. The lowest BCUT2D eigenvalue weighted by Gasteiger charge is -2.17. The lowest BCUT2D eigenvalue weighted by atomic mass is 9.89. The average molecular weight is 390 g/mol. The molecule has 0 fully saturated rings. The van der Waals surface area contributed by atoms with E-state index < -0.39 is 0 Å². The molecule has 1 aliphatic rings. The molecular weight excluding hydrogens is 366 g/mol. The highest BCUT2D eigenvalue weighted by Gasteiger charge is 2.24. The molecule has 0 unspecified atom stereocenters. The topological polar surface area (TPSA) is 76.5 Å². The summed E-state index contributed by atoms with van der Waals surface area (Å²) in [7, 11) is 0. The van der Waals surface area contributed by atoms with Crippen molar-refractivity contribution in [1.82, 2.24) is 24.7 Å². The van der Waals surface area contributed by atoms with Gasteiger partial charge in [0.1, 0.15) is 17.0 Å². The minimum atomic E-state index is -0.00754. The molecule has 0 spiro atoms. The molecule has 3 aromatic rings. The van der Waals surface area contributed by atoms with E-state index in [2.05, 4.69) is 36.0 Å². The van der Waals surface area contributed by atoms with Gasteiger partial charge in [0.25, 0.3) is 5.56 Å². The van der Waals surface area contributed by atoms with E-state index in [0.29, 0.717) is 17.8 Å². The Labute approximate surface area is 160 Å². The summed E-state index contributed by atoms with van der Waals surface area (Å²) in [5, 5.41) is 9.86. The van der Waals surface area contributed by atoms with Crippen molar-refractivity contribution in [3.05, 3.63) is 32.9 Å². The van der Waals surface area contributed by atoms with Crippen molar-refractivity contribution < 1.29 is 0 Å². The lowest BCUT2D eigenvalue weighted by molar-refractivity contribution is 0.509. The van der Waals surface area contributed by atoms with Crippen molar-refractivity contribution in [2.75, 3.05) is 0 Å². The molecule has 1 N–H and O–H groups in total. The maximum absolute atomic E-state index is 12.8. The van der Waals surface area contributed by atoms with Crippen LogP contribution in [0, 0.1) is 5.92 Å². The van der Waals surface area contributed by atoms with Crippen molar-refractivity contribution >= 4 is 33.3 Å². The summed E-state index contributed by atoms with van der Waals surface area (Å²) in [4.78, 5) is 22.8. The third-order valence-corrected chi connectivity index (χ3v) is 7.18. The van der Waals surface area contributed by atoms with Crippen LogP contribution in [0.3, 0.4) is 0 Å². The van der Waals surface area contributed by atoms with Crippen LogP contribution in [0.2, 0.25) is 0 Å². The Balaban J connectivity index is 1.69. The van der Waals surface area contributed by atoms with Gasteiger partial charge in [0.15, 0.2) is 5.16 Å². The monoisotopic (exact) mass is 389 g/mol. The molecule has 0 aliphatic heterocycles. The molecule has 0 radical (unpaired) electrons. The van der Waals surface area contributed by atoms with Gasteiger partial charge < -0.3 is 9.55 Å². The molecule has 0 saturated heterocycles. The van der Waals surface area contributed by atoms with Crippen LogP contribution in [0.25, 0.3) is 10.2 Å². The molecule has 8 heteroatoms. The van der Waals surface area contributed by atoms with Gasteiger partial charge in [0.2, 0.25) is 0 Å². The Kier molecular flexibility index (Phi) is 4.64. The first-order valence-corrected chi connectivity index (χ1v) is 10.7. The highest BCUT2D eigenvalue weighted by Crippen LogP contribution is 2.37. The Bertz CT molecular complexity index is 1000. The predicted octanol–water partition coefficient (Wildman–Crippen LogP) is 4.14. The summed E-state index contributed by atoms with van der Waals surface area (Å²) in [6, 6.07) is 0.292. The number of fused-ring (bicyclic) bond motifs is 3. The fraction of sp³-hybridized carbons (Fsp3) is 0.556. The number of rotatable bonds is 4. The molecule has 6 nitrogen and oxygen atoms in total. The molecule has 1 aliphatic carbocycles. The minimum Gasteiger partial charge on any atom is -0.309 e. The number of thioether (sulfide) groups is 1. The molecule has 0 bridgehead atoms. The Morgan fingerprint density at radius 3 is 2.96 bits per heavy atom. The van der Waals surface area contributed by atoms with Crippen molar-refractivity contribution in [2.45, 2.75) is 63.4 Å². The zero-order valence-electron chi connectivity index (χ0n) is 15.4. The predicted molar refractivity (Wildman–Crippen MR) is 106 cm³/mol. The Hall–Kier alpha value is -1.67. The lowest BCUT2D eigenvalue weighted by Crippen LogP contribution is -2.15. The summed E-state index contributed by atoms with van der Waals surface area (Å²) in [5.74, 6) is 1.39. The Morgan fingerprint density at radius 1 is 1.38 bits per heavy atom. The number of hydrogen-bond donors (Lipinski definition) is 1. The maximum Gasteiger partial charge on any atom is 0.259 e. The quantitative estimate of drug-likeness (QED) is 0.679. The van der Waals surface area contributed by atoms with Crippen LogP contribution in [0.1, 0.15) is 61.7 Å². The fourth-order valence-corrected chi connectivity index (χ4v) is 5.85. The second-order valence-electron chi connectivity index (χ2n) is 7.36. The van der Waals surface area contributed by atoms with Crippen LogP contribution in [0.4, 0.5) is 0 Å². The van der Waals surface area contributed by atoms with E-state index in [1.165, 1.54) is 10.4 Å². The number of nitrogens with one attached hydrogen (secondary N) is 1. The van der Waals surface area contributed by atoms with Gasteiger partial charge in [-0.15, -0.1) is 21.5 Å². The number of hydrogen-bond acceptors (Lipinski definition) is 6. The molecule has 3 aromatic heterocycles. The van der Waals surface area contributed by atoms with E-state index in [-0.39, 0.29) is 10.8 Å². The van der Waals surface area contributed by atoms with E-state index in [1.54, 1.807) is 29.4 Å². The molecule has 0 aromatic carbocycles. The summed E-state index contributed by atoms with van der Waals surface area (Å²) in [6.45, 7) is 8.52. The maximum atomic E-state index is 12.8. The fourth-order valence-electron chi connectivity index (χ4n) is 3.44. The Morgan fingerprint density at radius 2 is 2.19 bits per heavy atom. The van der Waals surface area contributed by atoms with Crippen molar-refractivity contribution in [2.24, 2.45) is 5.92 Å². The number of H-pyrrole nitrogens is 1. The van der Waals surface area contributed by atoms with Gasteiger partial charge in [0, 0.05) is 10.9 Å². The molecule has 0 amide bonds. The first-order chi connectivity index (χ1) is 12.4. The number of aromatic amines is 1. The van der Waals surface area contributed by atoms with Crippen LogP contribution < -0.4 is 5.56 Å². The number of aromatic nitrogens is 5. The van der Waals surface area contributed by atoms with Crippen molar-refractivity contribution in [1.29, 1.82) is 0 Å². The summed E-state index contributed by atoms with van der Waals surface area (Å²) < 4.78 is 2.03. The largest absolute Gasteiger partial charge is 0.309 e. The second kappa shape index (κ2) is 6.81. The van der Waals surface area contributed by atoms with Gasteiger partial charge in [-0.05, 0) is 51.5 Å². The molecule has 2 atom stereocenters. The van der Waals surface area contributed by atoms with Crippen molar-refractivity contribution in [3.63, 3.8) is 0 Å². The van der Waals surface area contributed by atoms with Crippen LogP contribution in [0.5, 0.6) is 0 Å². The van der Waals surface area contributed by atoms with Gasteiger partial charge in [-0.2, -0.15) is 0 Å². The molecular formula is C18H23N5OS2. The number of thiophene rings is 1. The smallest absolute Gasteiger partial charge is 0.259 e. The third kappa shape index (κ3) is 3.09. The van der Waals surface area contributed by atoms with Crippen LogP contribution >= 0.6 is 23.1 Å². The van der Waals surface area contributed by atoms with E-state index in [1.807, 2.05) is 11.5 Å².